The molecule has 0 saturated heterocycles. The molecule has 0 saturated carbocycles. The third-order valence-corrected chi connectivity index (χ3v) is 4.51. The highest BCUT2D eigenvalue weighted by atomic mass is 32.1. The minimum absolute atomic E-state index is 0.00510. The third-order valence-electron chi connectivity index (χ3n) is 2.81. The Labute approximate surface area is 137 Å². The fourth-order valence-corrected chi connectivity index (χ4v) is 3.21. The number of thiophene rings is 1. The summed E-state index contributed by atoms with van der Waals surface area (Å²) in [5, 5.41) is 5.18. The van der Waals surface area contributed by atoms with E-state index in [0.717, 1.165) is 9.75 Å². The zero-order chi connectivity index (χ0) is 15.9. The molecule has 2 heterocycles. The van der Waals surface area contributed by atoms with Crippen molar-refractivity contribution < 1.29 is 9.59 Å². The van der Waals surface area contributed by atoms with Gasteiger partial charge in [0.2, 0.25) is 11.8 Å². The standard InChI is InChI=1S/C15H17N3O2S2/c1-3-6-18(14(20)8-12-5-4-7-21-12)10-13(19)17-15-16-9-11(2)22-15/h3-5,7,9H,1,6,8,10H2,2H3,(H,16,17,19). The average molecular weight is 335 g/mol. The van der Waals surface area contributed by atoms with Crippen LogP contribution in [0.2, 0.25) is 0 Å². The number of nitrogens with zero attached hydrogens (tertiary/aromatic N) is 2. The summed E-state index contributed by atoms with van der Waals surface area (Å²) in [6, 6.07) is 3.82. The topological polar surface area (TPSA) is 62.3 Å². The number of hydrogen-bond donors (Lipinski definition) is 1. The van der Waals surface area contributed by atoms with Crippen LogP contribution in [0.1, 0.15) is 9.75 Å². The van der Waals surface area contributed by atoms with Crippen molar-refractivity contribution in [1.82, 2.24) is 9.88 Å². The van der Waals surface area contributed by atoms with Crippen LogP contribution < -0.4 is 5.32 Å². The molecule has 7 heteroatoms. The van der Waals surface area contributed by atoms with Gasteiger partial charge in [-0.1, -0.05) is 12.1 Å². The monoisotopic (exact) mass is 335 g/mol. The van der Waals surface area contributed by atoms with E-state index in [4.69, 9.17) is 0 Å². The Morgan fingerprint density at radius 3 is 2.91 bits per heavy atom. The molecule has 22 heavy (non-hydrogen) atoms. The van der Waals surface area contributed by atoms with Crippen LogP contribution in [0.4, 0.5) is 5.13 Å². The third kappa shape index (κ3) is 4.78. The van der Waals surface area contributed by atoms with Gasteiger partial charge in [-0.05, 0) is 18.4 Å². The first-order valence-electron chi connectivity index (χ1n) is 6.72. The first-order valence-corrected chi connectivity index (χ1v) is 8.41. The Hall–Kier alpha value is -1.99. The van der Waals surface area contributed by atoms with Crippen molar-refractivity contribution in [3.63, 3.8) is 0 Å². The second-order valence-corrected chi connectivity index (χ2v) is 6.91. The number of hydrogen-bond acceptors (Lipinski definition) is 5. The number of aryl methyl sites for hydroxylation is 1. The van der Waals surface area contributed by atoms with E-state index in [1.165, 1.54) is 27.6 Å². The highest BCUT2D eigenvalue weighted by Gasteiger charge is 2.17. The average Bonchev–Trinajstić information content (AvgIpc) is 3.10. The van der Waals surface area contributed by atoms with Crippen LogP contribution in [0.3, 0.4) is 0 Å². The van der Waals surface area contributed by atoms with Crippen LogP contribution in [-0.2, 0) is 16.0 Å². The van der Waals surface area contributed by atoms with Crippen molar-refractivity contribution in [2.45, 2.75) is 13.3 Å². The van der Waals surface area contributed by atoms with Crippen LogP contribution in [0.5, 0.6) is 0 Å². The second kappa shape index (κ2) is 7.86. The summed E-state index contributed by atoms with van der Waals surface area (Å²) in [6.45, 7) is 5.90. The van der Waals surface area contributed by atoms with E-state index >= 15 is 0 Å². The zero-order valence-electron chi connectivity index (χ0n) is 12.2. The van der Waals surface area contributed by atoms with E-state index in [-0.39, 0.29) is 18.4 Å². The van der Waals surface area contributed by atoms with E-state index in [1.807, 2.05) is 24.4 Å². The highest BCUT2D eigenvalue weighted by Crippen LogP contribution is 2.16. The summed E-state index contributed by atoms with van der Waals surface area (Å²) in [4.78, 5) is 31.9. The normalized spacial score (nSPS) is 10.2. The predicted molar refractivity (Wildman–Crippen MR) is 90.3 cm³/mol. The van der Waals surface area contributed by atoms with E-state index in [9.17, 15) is 9.59 Å². The molecule has 2 aromatic rings. The fraction of sp³-hybridized carbons (Fsp3) is 0.267. The molecule has 0 bridgehead atoms. The van der Waals surface area contributed by atoms with Gasteiger partial charge in [-0.25, -0.2) is 4.98 Å². The molecule has 5 nitrogen and oxygen atoms in total. The summed E-state index contributed by atoms with van der Waals surface area (Å²) in [5.41, 5.74) is 0. The first kappa shape index (κ1) is 16.4. The van der Waals surface area contributed by atoms with Crippen LogP contribution in [0.25, 0.3) is 0 Å². The summed E-state index contributed by atoms with van der Waals surface area (Å²) < 4.78 is 0. The number of anilines is 1. The van der Waals surface area contributed by atoms with E-state index in [2.05, 4.69) is 16.9 Å². The van der Waals surface area contributed by atoms with Gasteiger partial charge in [-0.2, -0.15) is 0 Å². The van der Waals surface area contributed by atoms with Gasteiger partial charge >= 0.3 is 0 Å². The number of aromatic nitrogens is 1. The van der Waals surface area contributed by atoms with Gasteiger partial charge in [0, 0.05) is 22.5 Å². The van der Waals surface area contributed by atoms with Crippen molar-refractivity contribution in [2.75, 3.05) is 18.4 Å². The van der Waals surface area contributed by atoms with Gasteiger partial charge in [0.1, 0.15) is 6.54 Å². The molecule has 0 atom stereocenters. The van der Waals surface area contributed by atoms with Crippen molar-refractivity contribution in [3.05, 3.63) is 46.1 Å². The van der Waals surface area contributed by atoms with E-state index < -0.39 is 0 Å². The minimum atomic E-state index is -0.254. The Balaban J connectivity index is 1.93. The molecule has 0 radical (unpaired) electrons. The molecule has 2 rings (SSSR count). The van der Waals surface area contributed by atoms with Crippen LogP contribution in [0, 0.1) is 6.92 Å². The van der Waals surface area contributed by atoms with Crippen molar-refractivity contribution >= 4 is 39.6 Å². The van der Waals surface area contributed by atoms with Gasteiger partial charge in [0.25, 0.3) is 0 Å². The lowest BCUT2D eigenvalue weighted by Gasteiger charge is -2.20. The fourth-order valence-electron chi connectivity index (χ4n) is 1.83. The maximum Gasteiger partial charge on any atom is 0.245 e. The van der Waals surface area contributed by atoms with Crippen LogP contribution >= 0.6 is 22.7 Å². The SMILES string of the molecule is C=CCN(CC(=O)Nc1ncc(C)s1)C(=O)Cc1cccs1. The Kier molecular flexibility index (Phi) is 5.85. The molecule has 0 unspecified atom stereocenters. The predicted octanol–water partition coefficient (Wildman–Crippen LogP) is 2.71. The van der Waals surface area contributed by atoms with Crippen LogP contribution in [-0.4, -0.2) is 34.8 Å². The van der Waals surface area contributed by atoms with Gasteiger partial charge in [0.05, 0.1) is 6.42 Å². The lowest BCUT2D eigenvalue weighted by Crippen LogP contribution is -2.38. The maximum atomic E-state index is 12.3. The number of rotatable bonds is 7. The highest BCUT2D eigenvalue weighted by molar-refractivity contribution is 7.15. The molecule has 116 valence electrons. The molecule has 0 aliphatic carbocycles. The van der Waals surface area contributed by atoms with Crippen molar-refractivity contribution in [3.8, 4) is 0 Å². The number of amides is 2. The Morgan fingerprint density at radius 2 is 2.32 bits per heavy atom. The summed E-state index contributed by atoms with van der Waals surface area (Å²) in [6.07, 6.45) is 3.62. The lowest BCUT2D eigenvalue weighted by molar-refractivity contribution is -0.133. The van der Waals surface area contributed by atoms with Crippen LogP contribution in [0.15, 0.2) is 36.4 Å². The van der Waals surface area contributed by atoms with Crippen molar-refractivity contribution in [1.29, 1.82) is 0 Å². The minimum Gasteiger partial charge on any atom is -0.329 e. The molecular weight excluding hydrogens is 318 g/mol. The van der Waals surface area contributed by atoms with E-state index in [1.54, 1.807) is 12.3 Å². The summed E-state index contributed by atoms with van der Waals surface area (Å²) in [5.74, 6) is -0.344. The quantitative estimate of drug-likeness (QED) is 0.791. The number of nitrogens with one attached hydrogen (secondary N) is 1. The molecule has 0 aliphatic heterocycles. The second-order valence-electron chi connectivity index (χ2n) is 4.64. The largest absolute Gasteiger partial charge is 0.329 e. The first-order chi connectivity index (χ1) is 10.6. The molecule has 2 amide bonds. The van der Waals surface area contributed by atoms with Gasteiger partial charge in [-0.15, -0.1) is 29.3 Å². The number of carbonyl (C=O) groups is 2. The number of thiazole rings is 1. The summed E-state index contributed by atoms with van der Waals surface area (Å²) >= 11 is 2.93. The molecule has 0 aromatic carbocycles. The molecule has 2 aromatic heterocycles. The number of carbonyl (C=O) groups excluding carboxylic acids is 2. The molecule has 0 aliphatic rings. The Bertz CT molecular complexity index is 650. The summed E-state index contributed by atoms with van der Waals surface area (Å²) in [7, 11) is 0. The van der Waals surface area contributed by atoms with E-state index in [0.29, 0.717) is 18.1 Å². The molecule has 0 spiro atoms. The smallest absolute Gasteiger partial charge is 0.245 e. The molecule has 1 N–H and O–H groups in total. The van der Waals surface area contributed by atoms with Gasteiger partial charge < -0.3 is 10.2 Å². The lowest BCUT2D eigenvalue weighted by atomic mass is 10.3. The van der Waals surface area contributed by atoms with Gasteiger partial charge in [0.15, 0.2) is 5.13 Å². The van der Waals surface area contributed by atoms with Gasteiger partial charge in [-0.3, -0.25) is 9.59 Å². The van der Waals surface area contributed by atoms with Crippen molar-refractivity contribution in [2.24, 2.45) is 0 Å². The zero-order valence-corrected chi connectivity index (χ0v) is 13.9. The maximum absolute atomic E-state index is 12.3. The molecule has 0 fully saturated rings. The Morgan fingerprint density at radius 1 is 1.50 bits per heavy atom. The molecular formula is C15H17N3O2S2.